The summed E-state index contributed by atoms with van der Waals surface area (Å²) >= 11 is 4.53. The van der Waals surface area contributed by atoms with Gasteiger partial charge in [0.05, 0.1) is 4.92 Å². The molecule has 1 aromatic heterocycles. The fourth-order valence-corrected chi connectivity index (χ4v) is 2.62. The Morgan fingerprint density at radius 1 is 1.39 bits per heavy atom. The molecule has 0 amide bonds. The van der Waals surface area contributed by atoms with Crippen molar-refractivity contribution in [2.24, 2.45) is 0 Å². The summed E-state index contributed by atoms with van der Waals surface area (Å²) in [6, 6.07) is 7.37. The highest BCUT2D eigenvalue weighted by atomic mass is 79.9. The molecule has 0 saturated heterocycles. The van der Waals surface area contributed by atoms with Crippen molar-refractivity contribution in [2.75, 3.05) is 5.73 Å². The van der Waals surface area contributed by atoms with E-state index in [0.717, 1.165) is 27.3 Å². The third kappa shape index (κ3) is 2.77. The summed E-state index contributed by atoms with van der Waals surface area (Å²) in [5.74, 6) is 0.00940. The molecule has 0 saturated carbocycles. The van der Waals surface area contributed by atoms with E-state index in [1.807, 2.05) is 24.3 Å². The number of nitro groups is 1. The summed E-state index contributed by atoms with van der Waals surface area (Å²) in [7, 11) is 0. The number of hydrogen-bond acceptors (Lipinski definition) is 6. The molecular formula is C10H7BrN4O2S. The second kappa shape index (κ2) is 5.32. The van der Waals surface area contributed by atoms with Crippen LogP contribution in [0.25, 0.3) is 0 Å². The lowest BCUT2D eigenvalue weighted by atomic mass is 10.4. The van der Waals surface area contributed by atoms with Gasteiger partial charge in [-0.3, -0.25) is 10.1 Å². The van der Waals surface area contributed by atoms with Gasteiger partial charge < -0.3 is 5.73 Å². The lowest BCUT2D eigenvalue weighted by Crippen LogP contribution is -2.00. The lowest BCUT2D eigenvalue weighted by molar-refractivity contribution is -0.388. The van der Waals surface area contributed by atoms with Crippen molar-refractivity contribution in [1.82, 2.24) is 9.97 Å². The minimum atomic E-state index is -0.529. The number of rotatable bonds is 3. The first-order valence-electron chi connectivity index (χ1n) is 4.77. The average Bonchev–Trinajstić information content (AvgIpc) is 2.32. The molecule has 0 aliphatic rings. The third-order valence-corrected chi connectivity index (χ3v) is 4.02. The van der Waals surface area contributed by atoms with E-state index in [1.165, 1.54) is 0 Å². The minimum absolute atomic E-state index is 0.00940. The first-order chi connectivity index (χ1) is 8.58. The molecule has 0 bridgehead atoms. The van der Waals surface area contributed by atoms with Gasteiger partial charge in [0.1, 0.15) is 6.20 Å². The molecule has 2 N–H and O–H groups in total. The maximum absolute atomic E-state index is 10.9. The number of hydrogen-bond donors (Lipinski definition) is 1. The molecule has 1 aromatic carbocycles. The number of halogens is 1. The van der Waals surface area contributed by atoms with Gasteiger partial charge in [-0.25, -0.2) is 4.98 Å². The molecule has 1 heterocycles. The van der Waals surface area contributed by atoms with E-state index in [0.29, 0.717) is 0 Å². The van der Waals surface area contributed by atoms with Crippen molar-refractivity contribution in [1.29, 1.82) is 0 Å². The van der Waals surface area contributed by atoms with Crippen LogP contribution in [0, 0.1) is 10.1 Å². The van der Waals surface area contributed by atoms with E-state index in [1.54, 1.807) is 0 Å². The van der Waals surface area contributed by atoms with Crippen molar-refractivity contribution < 1.29 is 4.92 Å². The molecule has 2 rings (SSSR count). The smallest absolute Gasteiger partial charge is 0.320 e. The van der Waals surface area contributed by atoms with Crippen LogP contribution in [-0.2, 0) is 0 Å². The summed E-state index contributed by atoms with van der Waals surface area (Å²) in [5.41, 5.74) is 5.29. The second-order valence-corrected chi connectivity index (χ2v) is 5.09. The lowest BCUT2D eigenvalue weighted by Gasteiger charge is -2.04. The Kier molecular flexibility index (Phi) is 3.78. The average molecular weight is 327 g/mol. The van der Waals surface area contributed by atoms with Crippen LogP contribution in [0.2, 0.25) is 0 Å². The van der Waals surface area contributed by atoms with Crippen molar-refractivity contribution >= 4 is 39.3 Å². The first kappa shape index (κ1) is 12.8. The van der Waals surface area contributed by atoms with Gasteiger partial charge in [-0.15, -0.1) is 0 Å². The Balaban J connectivity index is 2.42. The van der Waals surface area contributed by atoms with Crippen LogP contribution < -0.4 is 5.73 Å². The molecular weight excluding hydrogens is 320 g/mol. The van der Waals surface area contributed by atoms with Crippen LogP contribution in [0.4, 0.5) is 11.6 Å². The highest BCUT2D eigenvalue weighted by Gasteiger charge is 2.18. The number of nitrogens with zero attached hydrogens (tertiary/aromatic N) is 3. The first-order valence-corrected chi connectivity index (χ1v) is 6.38. The number of benzene rings is 1. The number of nitrogen functional groups attached to an aromatic ring is 1. The van der Waals surface area contributed by atoms with Gasteiger partial charge in [-0.1, -0.05) is 23.9 Å². The van der Waals surface area contributed by atoms with E-state index in [-0.39, 0.29) is 16.7 Å². The SMILES string of the molecule is Nc1ncc([N+](=O)[O-])c(Sc2ccccc2Br)n1. The van der Waals surface area contributed by atoms with Gasteiger partial charge in [-0.2, -0.15) is 4.98 Å². The standard InChI is InChI=1S/C10H7BrN4O2S/c11-6-3-1-2-4-8(6)18-9-7(15(16)17)5-13-10(12)14-9/h1-5H,(H2,12,13,14). The summed E-state index contributed by atoms with van der Waals surface area (Å²) in [6.07, 6.45) is 1.11. The molecule has 2 aromatic rings. The molecule has 0 fully saturated rings. The molecule has 0 aliphatic carbocycles. The van der Waals surface area contributed by atoms with Crippen molar-refractivity contribution in [3.63, 3.8) is 0 Å². The third-order valence-electron chi connectivity index (χ3n) is 1.99. The zero-order valence-corrected chi connectivity index (χ0v) is 11.3. The van der Waals surface area contributed by atoms with Crippen LogP contribution in [-0.4, -0.2) is 14.9 Å². The van der Waals surface area contributed by atoms with Crippen LogP contribution in [0.1, 0.15) is 0 Å². The number of nitrogens with two attached hydrogens (primary N) is 1. The monoisotopic (exact) mass is 326 g/mol. The van der Waals surface area contributed by atoms with E-state index in [9.17, 15) is 10.1 Å². The highest BCUT2D eigenvalue weighted by molar-refractivity contribution is 9.10. The van der Waals surface area contributed by atoms with Crippen molar-refractivity contribution in [3.8, 4) is 0 Å². The molecule has 8 heteroatoms. The van der Waals surface area contributed by atoms with Crippen LogP contribution in [0.5, 0.6) is 0 Å². The van der Waals surface area contributed by atoms with Gasteiger partial charge in [0.2, 0.25) is 5.95 Å². The van der Waals surface area contributed by atoms with Crippen molar-refractivity contribution in [2.45, 2.75) is 9.92 Å². The Labute approximate surface area is 115 Å². The van der Waals surface area contributed by atoms with Crippen LogP contribution in [0.3, 0.4) is 0 Å². The second-order valence-electron chi connectivity index (χ2n) is 3.21. The Bertz CT molecular complexity index is 608. The predicted octanol–water partition coefficient (Wildman–Crippen LogP) is 2.88. The summed E-state index contributed by atoms with van der Waals surface area (Å²) in [5, 5.41) is 11.1. The molecule has 0 aliphatic heterocycles. The molecule has 0 spiro atoms. The summed E-state index contributed by atoms with van der Waals surface area (Å²) in [6.45, 7) is 0. The van der Waals surface area contributed by atoms with Gasteiger partial charge in [0, 0.05) is 9.37 Å². The van der Waals surface area contributed by atoms with Gasteiger partial charge in [-0.05, 0) is 28.1 Å². The predicted molar refractivity (Wildman–Crippen MR) is 71.4 cm³/mol. The molecule has 18 heavy (non-hydrogen) atoms. The molecule has 0 unspecified atom stereocenters. The summed E-state index contributed by atoms with van der Waals surface area (Å²) < 4.78 is 0.835. The largest absolute Gasteiger partial charge is 0.368 e. The molecule has 92 valence electrons. The number of aromatic nitrogens is 2. The fourth-order valence-electron chi connectivity index (χ4n) is 1.20. The number of anilines is 1. The quantitative estimate of drug-likeness (QED) is 0.529. The van der Waals surface area contributed by atoms with Gasteiger partial charge in [0.25, 0.3) is 0 Å². The Hall–Kier alpha value is -1.67. The van der Waals surface area contributed by atoms with Crippen LogP contribution in [0.15, 0.2) is 44.9 Å². The zero-order chi connectivity index (χ0) is 13.1. The van der Waals surface area contributed by atoms with Gasteiger partial charge >= 0.3 is 5.69 Å². The molecule has 0 radical (unpaired) electrons. The minimum Gasteiger partial charge on any atom is -0.368 e. The van der Waals surface area contributed by atoms with E-state index in [2.05, 4.69) is 25.9 Å². The Morgan fingerprint density at radius 3 is 2.78 bits per heavy atom. The van der Waals surface area contributed by atoms with E-state index < -0.39 is 4.92 Å². The van der Waals surface area contributed by atoms with E-state index in [4.69, 9.17) is 5.73 Å². The maximum atomic E-state index is 10.9. The highest BCUT2D eigenvalue weighted by Crippen LogP contribution is 2.36. The maximum Gasteiger partial charge on any atom is 0.320 e. The zero-order valence-electron chi connectivity index (χ0n) is 8.91. The Morgan fingerprint density at radius 2 is 2.11 bits per heavy atom. The van der Waals surface area contributed by atoms with Gasteiger partial charge in [0.15, 0.2) is 5.03 Å². The topological polar surface area (TPSA) is 94.9 Å². The fraction of sp³-hybridized carbons (Fsp3) is 0. The summed E-state index contributed by atoms with van der Waals surface area (Å²) in [4.78, 5) is 18.7. The van der Waals surface area contributed by atoms with Crippen molar-refractivity contribution in [3.05, 3.63) is 45.0 Å². The van der Waals surface area contributed by atoms with Crippen LogP contribution >= 0.6 is 27.7 Å². The molecule has 0 atom stereocenters. The molecule has 6 nitrogen and oxygen atoms in total. The normalized spacial score (nSPS) is 10.3. The van der Waals surface area contributed by atoms with E-state index >= 15 is 0 Å².